The number of primary amides is 1. The maximum Gasteiger partial charge on any atom is 0.416 e. The first kappa shape index (κ1) is 22.4. The van der Waals surface area contributed by atoms with E-state index >= 15 is 0 Å². The van der Waals surface area contributed by atoms with Crippen molar-refractivity contribution in [3.63, 3.8) is 0 Å². The number of hydrogen-bond donors (Lipinski definition) is 1. The topological polar surface area (TPSA) is 93.9 Å². The number of fused-ring (bicyclic) bond motifs is 1. The van der Waals surface area contributed by atoms with Gasteiger partial charge in [0.25, 0.3) is 5.91 Å². The second kappa shape index (κ2) is 8.60. The first-order chi connectivity index (χ1) is 15.7. The molecule has 10 heteroatoms. The molecule has 0 bridgehead atoms. The van der Waals surface area contributed by atoms with Gasteiger partial charge in [-0.05, 0) is 30.7 Å². The number of aromatic nitrogens is 2. The van der Waals surface area contributed by atoms with Crippen molar-refractivity contribution in [3.8, 4) is 16.8 Å². The molecule has 2 aromatic carbocycles. The number of nitrogens with two attached hydrogens (primary N) is 1. The number of carbonyl (C=O) groups excluding carboxylic acids is 1. The molecular weight excluding hydrogens is 453 g/mol. The molecular formula is C23H17F3N4O2S. The second-order valence-corrected chi connectivity index (χ2v) is 8.29. The van der Waals surface area contributed by atoms with Gasteiger partial charge in [-0.15, -0.1) is 11.3 Å². The van der Waals surface area contributed by atoms with Crippen LogP contribution in [0.25, 0.3) is 16.0 Å². The predicted octanol–water partition coefficient (Wildman–Crippen LogP) is 5.41. The van der Waals surface area contributed by atoms with Crippen molar-refractivity contribution < 1.29 is 22.7 Å². The fourth-order valence-corrected chi connectivity index (χ4v) is 4.46. The normalized spacial score (nSPS) is 12.5. The van der Waals surface area contributed by atoms with Gasteiger partial charge >= 0.3 is 6.18 Å². The van der Waals surface area contributed by atoms with Gasteiger partial charge in [0, 0.05) is 11.6 Å². The Bertz CT molecular complexity index is 1380. The van der Waals surface area contributed by atoms with E-state index in [-0.39, 0.29) is 22.6 Å². The molecule has 2 heterocycles. The number of nitrogens with zero attached hydrogens (tertiary/aromatic N) is 3. The smallest absolute Gasteiger partial charge is 0.416 e. The lowest BCUT2D eigenvalue weighted by atomic mass is 10.0. The summed E-state index contributed by atoms with van der Waals surface area (Å²) >= 11 is 1.04. The fraction of sp³-hybridized carbons (Fsp3) is 0.174. The molecule has 2 N–H and O–H groups in total. The zero-order chi connectivity index (χ0) is 23.8. The largest absolute Gasteiger partial charge is 0.484 e. The first-order valence-corrected chi connectivity index (χ1v) is 10.6. The number of carbonyl (C=O) groups is 1. The Morgan fingerprint density at radius 1 is 1.27 bits per heavy atom. The molecule has 0 saturated carbocycles. The fourth-order valence-electron chi connectivity index (χ4n) is 3.53. The third-order valence-corrected chi connectivity index (χ3v) is 6.18. The minimum absolute atomic E-state index is 0.0533. The molecule has 33 heavy (non-hydrogen) atoms. The van der Waals surface area contributed by atoms with Crippen molar-refractivity contribution >= 4 is 28.3 Å². The van der Waals surface area contributed by atoms with Gasteiger partial charge in [0.2, 0.25) is 0 Å². The molecule has 0 radical (unpaired) electrons. The monoisotopic (exact) mass is 470 g/mol. The zero-order valence-corrected chi connectivity index (χ0v) is 18.1. The van der Waals surface area contributed by atoms with Gasteiger partial charge in [0.1, 0.15) is 28.1 Å². The van der Waals surface area contributed by atoms with Crippen LogP contribution in [0, 0.1) is 11.3 Å². The highest BCUT2D eigenvalue weighted by Crippen LogP contribution is 2.39. The van der Waals surface area contributed by atoms with E-state index in [2.05, 4.69) is 11.1 Å². The summed E-state index contributed by atoms with van der Waals surface area (Å²) in [6.07, 6.45) is -3.76. The van der Waals surface area contributed by atoms with E-state index in [0.717, 1.165) is 23.0 Å². The van der Waals surface area contributed by atoms with E-state index in [1.807, 2.05) is 6.07 Å². The number of benzene rings is 2. The van der Waals surface area contributed by atoms with Crippen molar-refractivity contribution in [2.45, 2.75) is 25.6 Å². The summed E-state index contributed by atoms with van der Waals surface area (Å²) in [7, 11) is 0. The van der Waals surface area contributed by atoms with Gasteiger partial charge in [0.05, 0.1) is 29.1 Å². The highest BCUT2D eigenvalue weighted by atomic mass is 32.1. The van der Waals surface area contributed by atoms with Gasteiger partial charge in [-0.25, -0.2) is 4.98 Å². The van der Waals surface area contributed by atoms with Crippen LogP contribution in [0.5, 0.6) is 5.75 Å². The van der Waals surface area contributed by atoms with Crippen molar-refractivity contribution in [1.29, 1.82) is 5.26 Å². The highest BCUT2D eigenvalue weighted by Gasteiger charge is 2.35. The summed E-state index contributed by atoms with van der Waals surface area (Å²) in [5.41, 5.74) is 6.85. The van der Waals surface area contributed by atoms with E-state index in [1.54, 1.807) is 29.1 Å². The molecule has 0 fully saturated rings. The summed E-state index contributed by atoms with van der Waals surface area (Å²) < 4.78 is 47.8. The Labute approximate surface area is 190 Å². The van der Waals surface area contributed by atoms with Crippen LogP contribution < -0.4 is 10.5 Å². The molecule has 4 aromatic rings. The third-order valence-electron chi connectivity index (χ3n) is 5.05. The van der Waals surface area contributed by atoms with Crippen molar-refractivity contribution in [2.24, 2.45) is 5.73 Å². The number of ether oxygens (including phenoxy) is 1. The summed E-state index contributed by atoms with van der Waals surface area (Å²) in [6, 6.07) is 14.2. The number of hydrogen-bond acceptors (Lipinski definition) is 5. The van der Waals surface area contributed by atoms with Crippen LogP contribution in [0.1, 0.15) is 39.4 Å². The number of rotatable bonds is 6. The molecule has 0 unspecified atom stereocenters. The van der Waals surface area contributed by atoms with E-state index in [1.165, 1.54) is 25.1 Å². The van der Waals surface area contributed by atoms with Gasteiger partial charge in [-0.3, -0.25) is 9.36 Å². The number of thiophene rings is 1. The zero-order valence-electron chi connectivity index (χ0n) is 17.3. The highest BCUT2D eigenvalue weighted by molar-refractivity contribution is 7.16. The molecule has 6 nitrogen and oxygen atoms in total. The number of halogens is 3. The summed E-state index contributed by atoms with van der Waals surface area (Å²) in [5.74, 6) is -0.672. The van der Waals surface area contributed by atoms with Crippen LogP contribution in [-0.4, -0.2) is 15.5 Å². The molecule has 1 atom stereocenters. The molecule has 168 valence electrons. The average molecular weight is 470 g/mol. The van der Waals surface area contributed by atoms with E-state index in [9.17, 15) is 18.0 Å². The molecule has 0 saturated heterocycles. The maximum absolute atomic E-state index is 13.4. The molecule has 2 aromatic heterocycles. The van der Waals surface area contributed by atoms with Gasteiger partial charge in [0.15, 0.2) is 0 Å². The number of amides is 1. The van der Waals surface area contributed by atoms with Crippen molar-refractivity contribution in [3.05, 3.63) is 76.4 Å². The Hall–Kier alpha value is -3.84. The Balaban J connectivity index is 1.74. The molecule has 0 aliphatic heterocycles. The van der Waals surface area contributed by atoms with E-state index in [4.69, 9.17) is 15.7 Å². The quantitative estimate of drug-likeness (QED) is 0.408. The SMILES string of the molecule is C[C@@H](Oc1cc(-n2cnc3ccc(CC#N)cc32)sc1C(N)=O)c1ccccc1C(F)(F)F. The van der Waals surface area contributed by atoms with Crippen LogP contribution in [0.4, 0.5) is 13.2 Å². The third kappa shape index (κ3) is 4.40. The minimum atomic E-state index is -4.54. The maximum atomic E-state index is 13.4. The van der Waals surface area contributed by atoms with E-state index < -0.39 is 23.8 Å². The van der Waals surface area contributed by atoms with Crippen molar-refractivity contribution in [2.75, 3.05) is 0 Å². The average Bonchev–Trinajstić information content (AvgIpc) is 3.37. The molecule has 0 spiro atoms. The van der Waals surface area contributed by atoms with Gasteiger partial charge in [-0.1, -0.05) is 24.3 Å². The molecule has 4 rings (SSSR count). The van der Waals surface area contributed by atoms with Crippen LogP contribution in [0.3, 0.4) is 0 Å². The predicted molar refractivity (Wildman–Crippen MR) is 117 cm³/mol. The number of imidazole rings is 1. The summed E-state index contributed by atoms with van der Waals surface area (Å²) in [6.45, 7) is 1.48. The second-order valence-electron chi connectivity index (χ2n) is 7.26. The Morgan fingerprint density at radius 2 is 2.03 bits per heavy atom. The lowest BCUT2D eigenvalue weighted by molar-refractivity contribution is -0.138. The van der Waals surface area contributed by atoms with Gasteiger partial charge < -0.3 is 10.5 Å². The standard InChI is InChI=1S/C23H17F3N4O2S/c1-13(15-4-2-3-5-16(15)23(24,25)26)32-19-11-20(33-21(19)22(28)31)30-12-29-17-7-6-14(8-9-27)10-18(17)30/h2-7,10-13H,8H2,1H3,(H2,28,31)/t13-/m1/s1. The van der Waals surface area contributed by atoms with Crippen LogP contribution in [0.2, 0.25) is 0 Å². The lowest BCUT2D eigenvalue weighted by Crippen LogP contribution is -2.15. The molecule has 0 aliphatic rings. The molecule has 0 aliphatic carbocycles. The van der Waals surface area contributed by atoms with Crippen LogP contribution in [0.15, 0.2) is 54.9 Å². The Kier molecular flexibility index (Phi) is 5.82. The van der Waals surface area contributed by atoms with E-state index in [0.29, 0.717) is 16.0 Å². The Morgan fingerprint density at radius 3 is 2.73 bits per heavy atom. The van der Waals surface area contributed by atoms with Gasteiger partial charge in [-0.2, -0.15) is 18.4 Å². The van der Waals surface area contributed by atoms with Crippen LogP contribution >= 0.6 is 11.3 Å². The lowest BCUT2D eigenvalue weighted by Gasteiger charge is -2.19. The number of alkyl halides is 3. The molecule has 1 amide bonds. The summed E-state index contributed by atoms with van der Waals surface area (Å²) in [5, 5.41) is 9.52. The summed E-state index contributed by atoms with van der Waals surface area (Å²) in [4.78, 5) is 16.5. The van der Waals surface area contributed by atoms with Crippen LogP contribution in [-0.2, 0) is 12.6 Å². The van der Waals surface area contributed by atoms with Crippen molar-refractivity contribution in [1.82, 2.24) is 9.55 Å². The minimum Gasteiger partial charge on any atom is -0.484 e. The number of nitriles is 1. The first-order valence-electron chi connectivity index (χ1n) is 9.78.